The summed E-state index contributed by atoms with van der Waals surface area (Å²) < 4.78 is 0. The SMILES string of the molecule is C=C(C)[C@@H]1CCC2(C)CCC=C(C)[C@@H]2C1. The minimum atomic E-state index is 0.602. The highest BCUT2D eigenvalue weighted by atomic mass is 14.5. The van der Waals surface area contributed by atoms with Crippen LogP contribution in [-0.4, -0.2) is 0 Å². The lowest BCUT2D eigenvalue weighted by molar-refractivity contribution is 0.0981. The van der Waals surface area contributed by atoms with E-state index in [0.717, 1.165) is 11.8 Å². The van der Waals surface area contributed by atoms with E-state index >= 15 is 0 Å². The van der Waals surface area contributed by atoms with Crippen LogP contribution in [0, 0.1) is 17.3 Å². The molecule has 1 fully saturated rings. The lowest BCUT2D eigenvalue weighted by Crippen LogP contribution is -2.37. The van der Waals surface area contributed by atoms with Crippen molar-refractivity contribution >= 4 is 0 Å². The molecule has 2 rings (SSSR count). The van der Waals surface area contributed by atoms with Gasteiger partial charge in [-0.05, 0) is 63.2 Å². The van der Waals surface area contributed by atoms with Crippen molar-refractivity contribution in [2.24, 2.45) is 17.3 Å². The zero-order valence-corrected chi connectivity index (χ0v) is 10.5. The summed E-state index contributed by atoms with van der Waals surface area (Å²) in [7, 11) is 0. The van der Waals surface area contributed by atoms with Crippen LogP contribution in [0.5, 0.6) is 0 Å². The van der Waals surface area contributed by atoms with Crippen LogP contribution >= 0.6 is 0 Å². The Balaban J connectivity index is 2.19. The molecule has 3 atom stereocenters. The molecule has 0 aromatic carbocycles. The fourth-order valence-electron chi connectivity index (χ4n) is 3.62. The zero-order chi connectivity index (χ0) is 11.1. The zero-order valence-electron chi connectivity index (χ0n) is 10.5. The van der Waals surface area contributed by atoms with Crippen LogP contribution in [0.15, 0.2) is 23.8 Å². The molecule has 0 saturated heterocycles. The predicted octanol–water partition coefficient (Wildman–Crippen LogP) is 4.73. The van der Waals surface area contributed by atoms with Gasteiger partial charge in [0.1, 0.15) is 0 Å². The molecule has 2 aliphatic carbocycles. The van der Waals surface area contributed by atoms with E-state index < -0.39 is 0 Å². The van der Waals surface area contributed by atoms with Crippen molar-refractivity contribution in [1.29, 1.82) is 0 Å². The Kier molecular flexibility index (Phi) is 2.79. The molecule has 2 aliphatic rings. The van der Waals surface area contributed by atoms with Crippen molar-refractivity contribution < 1.29 is 0 Å². The van der Waals surface area contributed by atoms with Crippen LogP contribution in [0.4, 0.5) is 0 Å². The van der Waals surface area contributed by atoms with E-state index in [1.54, 1.807) is 5.57 Å². The molecule has 0 N–H and O–H groups in total. The van der Waals surface area contributed by atoms with E-state index in [-0.39, 0.29) is 0 Å². The summed E-state index contributed by atoms with van der Waals surface area (Å²) in [5, 5.41) is 0. The highest BCUT2D eigenvalue weighted by molar-refractivity contribution is 5.16. The number of allylic oxidation sites excluding steroid dienone is 3. The summed E-state index contributed by atoms with van der Waals surface area (Å²) in [5.41, 5.74) is 3.65. The second kappa shape index (κ2) is 3.81. The number of hydrogen-bond donors (Lipinski definition) is 0. The molecule has 0 nitrogen and oxygen atoms in total. The minimum absolute atomic E-state index is 0.602. The van der Waals surface area contributed by atoms with E-state index in [0.29, 0.717) is 5.41 Å². The third-order valence-electron chi connectivity index (χ3n) is 4.85. The van der Waals surface area contributed by atoms with Gasteiger partial charge in [-0.2, -0.15) is 0 Å². The van der Waals surface area contributed by atoms with Gasteiger partial charge >= 0.3 is 0 Å². The standard InChI is InChI=1S/C15H24/c1-11(2)13-7-9-15(4)8-5-6-12(3)14(15)10-13/h6,13-14H,1,5,7-10H2,2-4H3/t13-,14+,15?/m1/s1. The summed E-state index contributed by atoms with van der Waals surface area (Å²) in [6.45, 7) is 11.2. The lowest BCUT2D eigenvalue weighted by Gasteiger charge is -2.47. The lowest BCUT2D eigenvalue weighted by atomic mass is 9.57. The van der Waals surface area contributed by atoms with Crippen LogP contribution in [0.25, 0.3) is 0 Å². The Morgan fingerprint density at radius 2 is 2.20 bits per heavy atom. The first kappa shape index (κ1) is 11.0. The van der Waals surface area contributed by atoms with Gasteiger partial charge in [-0.25, -0.2) is 0 Å². The summed E-state index contributed by atoms with van der Waals surface area (Å²) in [6.07, 6.45) is 9.30. The van der Waals surface area contributed by atoms with Crippen molar-refractivity contribution in [3.63, 3.8) is 0 Å². The van der Waals surface area contributed by atoms with E-state index in [2.05, 4.69) is 33.4 Å². The number of rotatable bonds is 1. The van der Waals surface area contributed by atoms with Crippen molar-refractivity contribution in [1.82, 2.24) is 0 Å². The molecule has 0 amide bonds. The van der Waals surface area contributed by atoms with Gasteiger partial charge in [-0.15, -0.1) is 0 Å². The Morgan fingerprint density at radius 1 is 1.47 bits per heavy atom. The van der Waals surface area contributed by atoms with Gasteiger partial charge in [0.05, 0.1) is 0 Å². The van der Waals surface area contributed by atoms with Gasteiger partial charge in [-0.3, -0.25) is 0 Å². The van der Waals surface area contributed by atoms with Crippen molar-refractivity contribution in [2.75, 3.05) is 0 Å². The Morgan fingerprint density at radius 3 is 2.87 bits per heavy atom. The molecule has 0 radical (unpaired) electrons. The monoisotopic (exact) mass is 204 g/mol. The van der Waals surface area contributed by atoms with Crippen LogP contribution in [0.1, 0.15) is 52.9 Å². The first-order valence-corrected chi connectivity index (χ1v) is 6.35. The first-order chi connectivity index (χ1) is 7.03. The molecule has 1 saturated carbocycles. The van der Waals surface area contributed by atoms with Gasteiger partial charge in [0.25, 0.3) is 0 Å². The minimum Gasteiger partial charge on any atom is -0.0999 e. The first-order valence-electron chi connectivity index (χ1n) is 6.35. The maximum absolute atomic E-state index is 4.14. The molecular formula is C15H24. The average Bonchev–Trinajstić information content (AvgIpc) is 2.17. The van der Waals surface area contributed by atoms with E-state index in [1.165, 1.54) is 37.7 Å². The average molecular weight is 204 g/mol. The van der Waals surface area contributed by atoms with Gasteiger partial charge in [0.15, 0.2) is 0 Å². The molecule has 0 bridgehead atoms. The van der Waals surface area contributed by atoms with Gasteiger partial charge < -0.3 is 0 Å². The molecular weight excluding hydrogens is 180 g/mol. The molecule has 0 heterocycles. The van der Waals surface area contributed by atoms with Crippen molar-refractivity contribution in [3.8, 4) is 0 Å². The van der Waals surface area contributed by atoms with Gasteiger partial charge in [0.2, 0.25) is 0 Å². The smallest absolute Gasteiger partial charge is 0.0146 e. The molecule has 0 aliphatic heterocycles. The van der Waals surface area contributed by atoms with E-state index in [1.807, 2.05) is 0 Å². The van der Waals surface area contributed by atoms with Crippen molar-refractivity contribution in [3.05, 3.63) is 23.8 Å². The Bertz CT molecular complexity index is 297. The maximum atomic E-state index is 4.14. The quantitative estimate of drug-likeness (QED) is 0.542. The largest absolute Gasteiger partial charge is 0.0999 e. The molecule has 84 valence electrons. The highest BCUT2D eigenvalue weighted by Crippen LogP contribution is 2.52. The van der Waals surface area contributed by atoms with Crippen LogP contribution < -0.4 is 0 Å². The summed E-state index contributed by atoms with van der Waals surface area (Å²) in [4.78, 5) is 0. The summed E-state index contributed by atoms with van der Waals surface area (Å²) in [5.74, 6) is 1.62. The van der Waals surface area contributed by atoms with Gasteiger partial charge in [0, 0.05) is 0 Å². The van der Waals surface area contributed by atoms with Gasteiger partial charge in [-0.1, -0.05) is 30.7 Å². The maximum Gasteiger partial charge on any atom is -0.0146 e. The van der Waals surface area contributed by atoms with Crippen LogP contribution in [0.2, 0.25) is 0 Å². The third-order valence-corrected chi connectivity index (χ3v) is 4.85. The molecule has 0 spiro atoms. The highest BCUT2D eigenvalue weighted by Gasteiger charge is 2.41. The fourth-order valence-corrected chi connectivity index (χ4v) is 3.62. The van der Waals surface area contributed by atoms with Crippen LogP contribution in [0.3, 0.4) is 0 Å². The number of fused-ring (bicyclic) bond motifs is 1. The summed E-state index contributed by atoms with van der Waals surface area (Å²) in [6, 6.07) is 0. The molecule has 15 heavy (non-hydrogen) atoms. The second-order valence-corrected chi connectivity index (χ2v) is 6.01. The second-order valence-electron chi connectivity index (χ2n) is 6.01. The third kappa shape index (κ3) is 1.91. The molecule has 1 unspecified atom stereocenters. The molecule has 0 aromatic rings. The van der Waals surface area contributed by atoms with E-state index in [9.17, 15) is 0 Å². The Hall–Kier alpha value is -0.520. The number of hydrogen-bond acceptors (Lipinski definition) is 0. The topological polar surface area (TPSA) is 0 Å². The summed E-state index contributed by atoms with van der Waals surface area (Å²) >= 11 is 0. The molecule has 0 heteroatoms. The van der Waals surface area contributed by atoms with Crippen LogP contribution in [-0.2, 0) is 0 Å². The molecule has 0 aromatic heterocycles. The van der Waals surface area contributed by atoms with E-state index in [4.69, 9.17) is 0 Å². The predicted molar refractivity (Wildman–Crippen MR) is 66.7 cm³/mol. The Labute approximate surface area is 94.5 Å². The fraction of sp³-hybridized carbons (Fsp3) is 0.733. The van der Waals surface area contributed by atoms with Crippen molar-refractivity contribution in [2.45, 2.75) is 52.9 Å². The normalized spacial score (nSPS) is 40.6.